The molecule has 3 aromatic rings. The SMILES string of the molecule is O=C(c1ccc(S(=O)(=O)Nc2nccs2)cc1)N1CCCCC1c1ccccn1. The second-order valence-corrected chi connectivity index (χ2v) is 9.31. The molecule has 1 atom stereocenters. The minimum Gasteiger partial charge on any atom is -0.330 e. The highest BCUT2D eigenvalue weighted by atomic mass is 32.2. The highest BCUT2D eigenvalue weighted by Gasteiger charge is 2.29. The minimum atomic E-state index is -3.74. The molecule has 1 aromatic carbocycles. The van der Waals surface area contributed by atoms with E-state index in [1.165, 1.54) is 29.7 Å². The van der Waals surface area contributed by atoms with Crippen LogP contribution in [0.4, 0.5) is 5.13 Å². The summed E-state index contributed by atoms with van der Waals surface area (Å²) in [5.74, 6) is -0.114. The maximum Gasteiger partial charge on any atom is 0.263 e. The molecule has 0 saturated carbocycles. The van der Waals surface area contributed by atoms with Crippen LogP contribution in [0.1, 0.15) is 41.4 Å². The average molecular weight is 429 g/mol. The molecule has 3 heterocycles. The number of amides is 1. The van der Waals surface area contributed by atoms with E-state index < -0.39 is 10.0 Å². The lowest BCUT2D eigenvalue weighted by Gasteiger charge is -2.35. The number of rotatable bonds is 5. The Morgan fingerprint density at radius 2 is 1.90 bits per heavy atom. The van der Waals surface area contributed by atoms with Gasteiger partial charge in [-0.1, -0.05) is 6.07 Å². The van der Waals surface area contributed by atoms with Crippen LogP contribution in [0.5, 0.6) is 0 Å². The minimum absolute atomic E-state index is 0.0626. The number of likely N-dealkylation sites (tertiary alicyclic amines) is 1. The van der Waals surface area contributed by atoms with Gasteiger partial charge in [-0.3, -0.25) is 14.5 Å². The Balaban J connectivity index is 1.54. The van der Waals surface area contributed by atoms with Gasteiger partial charge in [-0.2, -0.15) is 0 Å². The number of benzene rings is 1. The number of nitrogens with zero attached hydrogens (tertiary/aromatic N) is 3. The Morgan fingerprint density at radius 3 is 2.59 bits per heavy atom. The standard InChI is InChI=1S/C20H20N4O3S2/c25-19(24-13-4-2-6-18(24)17-5-1-3-11-21-17)15-7-9-16(10-8-15)29(26,27)23-20-22-12-14-28-20/h1,3,5,7-12,14,18H,2,4,6,13H2,(H,22,23). The second-order valence-electron chi connectivity index (χ2n) is 6.73. The maximum absolute atomic E-state index is 13.1. The lowest BCUT2D eigenvalue weighted by molar-refractivity contribution is 0.0606. The highest BCUT2D eigenvalue weighted by molar-refractivity contribution is 7.93. The number of piperidine rings is 1. The molecule has 1 aliphatic heterocycles. The van der Waals surface area contributed by atoms with Gasteiger partial charge in [0.05, 0.1) is 16.6 Å². The zero-order valence-corrected chi connectivity index (χ0v) is 17.2. The van der Waals surface area contributed by atoms with Crippen molar-refractivity contribution in [3.8, 4) is 0 Å². The predicted octanol–water partition coefficient (Wildman–Crippen LogP) is 3.71. The first kappa shape index (κ1) is 19.5. The molecule has 0 bridgehead atoms. The Kier molecular flexibility index (Phi) is 5.59. The fraction of sp³-hybridized carbons (Fsp3) is 0.250. The molecule has 1 unspecified atom stereocenters. The lowest BCUT2D eigenvalue weighted by atomic mass is 9.97. The van der Waals surface area contributed by atoms with Crippen molar-refractivity contribution in [2.24, 2.45) is 0 Å². The van der Waals surface area contributed by atoms with Gasteiger partial charge in [0.1, 0.15) is 0 Å². The van der Waals surface area contributed by atoms with E-state index in [0.717, 1.165) is 25.0 Å². The van der Waals surface area contributed by atoms with Crippen molar-refractivity contribution < 1.29 is 13.2 Å². The monoisotopic (exact) mass is 428 g/mol. The van der Waals surface area contributed by atoms with Gasteiger partial charge in [-0.05, 0) is 55.7 Å². The molecule has 0 spiro atoms. The van der Waals surface area contributed by atoms with Gasteiger partial charge in [-0.25, -0.2) is 13.4 Å². The van der Waals surface area contributed by atoms with Crippen LogP contribution < -0.4 is 4.72 Å². The van der Waals surface area contributed by atoms with Crippen LogP contribution in [0.15, 0.2) is 65.1 Å². The molecule has 29 heavy (non-hydrogen) atoms. The number of hydrogen-bond acceptors (Lipinski definition) is 6. The molecular weight excluding hydrogens is 408 g/mol. The van der Waals surface area contributed by atoms with E-state index in [4.69, 9.17) is 0 Å². The molecule has 0 radical (unpaired) electrons. The first-order chi connectivity index (χ1) is 14.0. The first-order valence-corrected chi connectivity index (χ1v) is 11.7. The summed E-state index contributed by atoms with van der Waals surface area (Å²) < 4.78 is 27.4. The normalized spacial score (nSPS) is 17.1. The number of carbonyl (C=O) groups is 1. The largest absolute Gasteiger partial charge is 0.330 e. The van der Waals surface area contributed by atoms with Gasteiger partial charge in [0.15, 0.2) is 5.13 Å². The van der Waals surface area contributed by atoms with Crippen molar-refractivity contribution in [2.75, 3.05) is 11.3 Å². The van der Waals surface area contributed by atoms with Crippen molar-refractivity contribution in [3.05, 3.63) is 71.5 Å². The number of thiazole rings is 1. The number of anilines is 1. The summed E-state index contributed by atoms with van der Waals surface area (Å²) >= 11 is 1.20. The zero-order chi connectivity index (χ0) is 20.3. The third kappa shape index (κ3) is 4.30. The number of nitrogens with one attached hydrogen (secondary N) is 1. The van der Waals surface area contributed by atoms with E-state index in [9.17, 15) is 13.2 Å². The molecule has 2 aromatic heterocycles. The molecule has 1 amide bonds. The fourth-order valence-corrected chi connectivity index (χ4v) is 5.23. The maximum atomic E-state index is 13.1. The van der Waals surface area contributed by atoms with Crippen molar-refractivity contribution >= 4 is 32.4 Å². The van der Waals surface area contributed by atoms with Gasteiger partial charge < -0.3 is 4.90 Å². The van der Waals surface area contributed by atoms with Gasteiger partial charge in [0.2, 0.25) is 0 Å². The molecular formula is C20H20N4O3S2. The summed E-state index contributed by atoms with van der Waals surface area (Å²) in [5, 5.41) is 1.99. The van der Waals surface area contributed by atoms with Crippen LogP contribution in [0.3, 0.4) is 0 Å². The second kappa shape index (κ2) is 8.30. The molecule has 7 nitrogen and oxygen atoms in total. The summed E-state index contributed by atoms with van der Waals surface area (Å²) in [7, 11) is -3.74. The zero-order valence-electron chi connectivity index (χ0n) is 15.6. The van der Waals surface area contributed by atoms with E-state index in [1.54, 1.807) is 23.7 Å². The van der Waals surface area contributed by atoms with E-state index in [0.29, 0.717) is 17.2 Å². The molecule has 1 aliphatic rings. The van der Waals surface area contributed by atoms with Crippen LogP contribution in [0.2, 0.25) is 0 Å². The Labute approximate surface area is 173 Å². The van der Waals surface area contributed by atoms with Crippen LogP contribution in [-0.4, -0.2) is 35.7 Å². The van der Waals surface area contributed by atoms with Gasteiger partial charge in [-0.15, -0.1) is 11.3 Å². The third-order valence-electron chi connectivity index (χ3n) is 4.86. The van der Waals surface area contributed by atoms with Gasteiger partial charge >= 0.3 is 0 Å². The van der Waals surface area contributed by atoms with Crippen molar-refractivity contribution in [2.45, 2.75) is 30.2 Å². The quantitative estimate of drug-likeness (QED) is 0.669. The predicted molar refractivity (Wildman–Crippen MR) is 111 cm³/mol. The smallest absolute Gasteiger partial charge is 0.263 e. The Morgan fingerprint density at radius 1 is 1.07 bits per heavy atom. The molecule has 1 N–H and O–H groups in total. The van der Waals surface area contributed by atoms with Crippen LogP contribution in [-0.2, 0) is 10.0 Å². The molecule has 1 fully saturated rings. The number of carbonyl (C=O) groups excluding carboxylic acids is 1. The average Bonchev–Trinajstić information content (AvgIpc) is 3.26. The first-order valence-electron chi connectivity index (χ1n) is 9.29. The van der Waals surface area contributed by atoms with Crippen LogP contribution >= 0.6 is 11.3 Å². The summed E-state index contributed by atoms with van der Waals surface area (Å²) in [6.45, 7) is 0.658. The summed E-state index contributed by atoms with van der Waals surface area (Å²) in [6, 6.07) is 11.7. The van der Waals surface area contributed by atoms with Crippen LogP contribution in [0, 0.1) is 0 Å². The van der Waals surface area contributed by atoms with Crippen molar-refractivity contribution in [1.29, 1.82) is 0 Å². The number of pyridine rings is 1. The molecule has 150 valence electrons. The molecule has 4 rings (SSSR count). The third-order valence-corrected chi connectivity index (χ3v) is 7.03. The number of hydrogen-bond donors (Lipinski definition) is 1. The van der Waals surface area contributed by atoms with Crippen molar-refractivity contribution in [3.63, 3.8) is 0 Å². The Bertz CT molecular complexity index is 1070. The highest BCUT2D eigenvalue weighted by Crippen LogP contribution is 2.31. The summed E-state index contributed by atoms with van der Waals surface area (Å²) in [6.07, 6.45) is 6.12. The fourth-order valence-electron chi connectivity index (χ4n) is 3.45. The van der Waals surface area contributed by atoms with E-state index >= 15 is 0 Å². The van der Waals surface area contributed by atoms with E-state index in [-0.39, 0.29) is 16.8 Å². The molecule has 9 heteroatoms. The molecule has 1 saturated heterocycles. The van der Waals surface area contributed by atoms with Gasteiger partial charge in [0, 0.05) is 29.9 Å². The number of sulfonamides is 1. The summed E-state index contributed by atoms with van der Waals surface area (Å²) in [4.78, 5) is 23.4. The van der Waals surface area contributed by atoms with Crippen LogP contribution in [0.25, 0.3) is 0 Å². The van der Waals surface area contributed by atoms with E-state index in [2.05, 4.69) is 14.7 Å². The molecule has 0 aliphatic carbocycles. The van der Waals surface area contributed by atoms with Crippen molar-refractivity contribution in [1.82, 2.24) is 14.9 Å². The van der Waals surface area contributed by atoms with Gasteiger partial charge in [0.25, 0.3) is 15.9 Å². The summed E-state index contributed by atoms with van der Waals surface area (Å²) in [5.41, 5.74) is 1.34. The topological polar surface area (TPSA) is 92.3 Å². The van der Waals surface area contributed by atoms with E-state index in [1.807, 2.05) is 23.1 Å². The lowest BCUT2D eigenvalue weighted by Crippen LogP contribution is -2.38. The Hall–Kier alpha value is -2.78. The number of aromatic nitrogens is 2.